The molecule has 1 aliphatic carbocycles. The molecule has 2 aromatic carbocycles. The zero-order valence-electron chi connectivity index (χ0n) is 21.1. The summed E-state index contributed by atoms with van der Waals surface area (Å²) in [6.45, 7) is 8.05. The molecule has 1 fully saturated rings. The number of nitrogens with zero attached hydrogens (tertiary/aromatic N) is 2. The van der Waals surface area contributed by atoms with E-state index in [0.717, 1.165) is 36.3 Å². The number of aromatic nitrogens is 1. The van der Waals surface area contributed by atoms with Crippen LogP contribution in [0.1, 0.15) is 89.4 Å². The van der Waals surface area contributed by atoms with Crippen molar-refractivity contribution in [1.82, 2.24) is 10.3 Å². The Balaban J connectivity index is 1.80. The Morgan fingerprint density at radius 3 is 2.17 bits per heavy atom. The highest BCUT2D eigenvalue weighted by Crippen LogP contribution is 2.33. The Bertz CT molecular complexity index is 1150. The molecule has 5 nitrogen and oxygen atoms in total. The summed E-state index contributed by atoms with van der Waals surface area (Å²) >= 11 is 1.38. The number of nitrogens with one attached hydrogen (secondary N) is 1. The maximum atomic E-state index is 14.1. The molecule has 1 aliphatic rings. The highest BCUT2D eigenvalue weighted by Gasteiger charge is 2.36. The van der Waals surface area contributed by atoms with Gasteiger partial charge in [0.2, 0.25) is 5.91 Å². The molecule has 4 rings (SSSR count). The summed E-state index contributed by atoms with van der Waals surface area (Å²) in [7, 11) is 0. The minimum absolute atomic E-state index is 0.136. The van der Waals surface area contributed by atoms with E-state index in [1.807, 2.05) is 68.4 Å². The lowest BCUT2D eigenvalue weighted by atomic mass is 9.94. The summed E-state index contributed by atoms with van der Waals surface area (Å²) in [5, 5.41) is 4.12. The molecule has 1 heterocycles. The number of carbonyl (C=O) groups is 2. The second-order valence-electron chi connectivity index (χ2n) is 9.73. The number of amides is 2. The van der Waals surface area contributed by atoms with Gasteiger partial charge in [-0.05, 0) is 55.9 Å². The van der Waals surface area contributed by atoms with Gasteiger partial charge in [-0.3, -0.25) is 14.5 Å². The van der Waals surface area contributed by atoms with E-state index in [9.17, 15) is 9.59 Å². The van der Waals surface area contributed by atoms with E-state index in [-0.39, 0.29) is 17.9 Å². The van der Waals surface area contributed by atoms with E-state index in [0.29, 0.717) is 22.2 Å². The first kappa shape index (κ1) is 25.1. The third-order valence-corrected chi connectivity index (χ3v) is 7.79. The fourth-order valence-electron chi connectivity index (χ4n) is 4.82. The first-order valence-electron chi connectivity index (χ1n) is 12.6. The van der Waals surface area contributed by atoms with Crippen molar-refractivity contribution in [1.29, 1.82) is 0 Å². The molecule has 0 spiro atoms. The molecular formula is C29H35N3O2S. The van der Waals surface area contributed by atoms with Gasteiger partial charge in [-0.1, -0.05) is 75.6 Å². The number of hydrogen-bond acceptors (Lipinski definition) is 4. The number of rotatable bonds is 7. The molecule has 1 saturated carbocycles. The lowest BCUT2D eigenvalue weighted by Crippen LogP contribution is -2.47. The molecule has 1 aromatic heterocycles. The Morgan fingerprint density at radius 1 is 0.943 bits per heavy atom. The fourth-order valence-corrected chi connectivity index (χ4v) is 5.68. The van der Waals surface area contributed by atoms with Gasteiger partial charge in [0.1, 0.15) is 10.9 Å². The molecule has 6 heteroatoms. The molecular weight excluding hydrogens is 454 g/mol. The van der Waals surface area contributed by atoms with Gasteiger partial charge >= 0.3 is 0 Å². The summed E-state index contributed by atoms with van der Waals surface area (Å²) in [6.07, 6.45) is 5.43. The van der Waals surface area contributed by atoms with Crippen LogP contribution in [0, 0.1) is 13.8 Å². The molecule has 35 heavy (non-hydrogen) atoms. The largest absolute Gasteiger partial charge is 0.351 e. The molecule has 184 valence electrons. The fraction of sp³-hybridized carbons (Fsp3) is 0.414. The van der Waals surface area contributed by atoms with Gasteiger partial charge in [0.15, 0.2) is 0 Å². The van der Waals surface area contributed by atoms with Crippen LogP contribution < -0.4 is 10.2 Å². The van der Waals surface area contributed by atoms with Crippen LogP contribution >= 0.6 is 11.3 Å². The van der Waals surface area contributed by atoms with Gasteiger partial charge < -0.3 is 5.32 Å². The molecule has 3 aromatic rings. The van der Waals surface area contributed by atoms with Gasteiger partial charge in [0.25, 0.3) is 5.91 Å². The molecule has 2 amide bonds. The Labute approximate surface area is 212 Å². The minimum Gasteiger partial charge on any atom is -0.351 e. The third-order valence-electron chi connectivity index (χ3n) is 6.73. The molecule has 1 atom stereocenters. The number of thiazole rings is 1. The Morgan fingerprint density at radius 2 is 1.60 bits per heavy atom. The van der Waals surface area contributed by atoms with Crippen molar-refractivity contribution in [3.63, 3.8) is 0 Å². The second-order valence-corrected chi connectivity index (χ2v) is 10.9. The zero-order chi connectivity index (χ0) is 24.9. The van der Waals surface area contributed by atoms with E-state index in [1.54, 1.807) is 4.90 Å². The number of benzene rings is 2. The highest BCUT2D eigenvalue weighted by atomic mass is 32.1. The van der Waals surface area contributed by atoms with Crippen molar-refractivity contribution in [2.24, 2.45) is 0 Å². The summed E-state index contributed by atoms with van der Waals surface area (Å²) in [4.78, 5) is 34.8. The van der Waals surface area contributed by atoms with Gasteiger partial charge in [0, 0.05) is 11.7 Å². The molecule has 1 N–H and O–H groups in total. The molecule has 0 aliphatic heterocycles. The van der Waals surface area contributed by atoms with E-state index in [4.69, 9.17) is 0 Å². The van der Waals surface area contributed by atoms with Crippen LogP contribution in [0.5, 0.6) is 0 Å². The standard InChI is InChI=1S/C29H35N3O2S/c1-19(2)22-15-17-25(18-16-22)32(29(34)27-20(3)30-21(4)35-27)26(23-11-7-5-8-12-23)28(33)31-24-13-9-6-10-14-24/h5,7-8,11-12,15-19,24,26H,6,9-10,13-14H2,1-4H3,(H,31,33)/t26-/m0/s1. The van der Waals surface area contributed by atoms with Gasteiger partial charge in [-0.25, -0.2) is 4.98 Å². The summed E-state index contributed by atoms with van der Waals surface area (Å²) in [5.74, 6) is 0.0421. The van der Waals surface area contributed by atoms with Crippen molar-refractivity contribution in [3.8, 4) is 0 Å². The number of aryl methyl sites for hydroxylation is 2. The van der Waals surface area contributed by atoms with Crippen LogP contribution in [0.3, 0.4) is 0 Å². The summed E-state index contributed by atoms with van der Waals surface area (Å²) in [5.41, 5.74) is 3.38. The second kappa shape index (κ2) is 11.2. The van der Waals surface area contributed by atoms with Crippen LogP contribution in [-0.2, 0) is 4.79 Å². The van der Waals surface area contributed by atoms with Crippen LogP contribution in [0.4, 0.5) is 5.69 Å². The van der Waals surface area contributed by atoms with Gasteiger partial charge in [0.05, 0.1) is 10.7 Å². The van der Waals surface area contributed by atoms with Gasteiger partial charge in [-0.15, -0.1) is 11.3 Å². The van der Waals surface area contributed by atoms with Crippen molar-refractivity contribution in [2.45, 2.75) is 77.8 Å². The number of anilines is 1. The van der Waals surface area contributed by atoms with Crippen molar-refractivity contribution in [3.05, 3.63) is 81.3 Å². The third kappa shape index (κ3) is 5.81. The highest BCUT2D eigenvalue weighted by molar-refractivity contribution is 7.13. The predicted molar refractivity (Wildman–Crippen MR) is 143 cm³/mol. The zero-order valence-corrected chi connectivity index (χ0v) is 21.9. The van der Waals surface area contributed by atoms with E-state index < -0.39 is 6.04 Å². The number of hydrogen-bond donors (Lipinski definition) is 1. The smallest absolute Gasteiger partial charge is 0.271 e. The van der Waals surface area contributed by atoms with Crippen LogP contribution in [0.15, 0.2) is 54.6 Å². The van der Waals surface area contributed by atoms with E-state index in [2.05, 4.69) is 24.1 Å². The molecule has 0 saturated heterocycles. The first-order chi connectivity index (χ1) is 16.8. The van der Waals surface area contributed by atoms with Crippen molar-refractivity contribution < 1.29 is 9.59 Å². The maximum Gasteiger partial charge on any atom is 0.271 e. The monoisotopic (exact) mass is 489 g/mol. The van der Waals surface area contributed by atoms with Crippen molar-refractivity contribution >= 4 is 28.8 Å². The van der Waals surface area contributed by atoms with E-state index in [1.165, 1.54) is 23.3 Å². The van der Waals surface area contributed by atoms with Crippen LogP contribution in [0.2, 0.25) is 0 Å². The Hall–Kier alpha value is -2.99. The lowest BCUT2D eigenvalue weighted by Gasteiger charge is -2.33. The average molecular weight is 490 g/mol. The van der Waals surface area contributed by atoms with Crippen LogP contribution in [-0.4, -0.2) is 22.8 Å². The SMILES string of the molecule is Cc1nc(C)c(C(=O)N(c2ccc(C(C)C)cc2)[C@H](C(=O)NC2CCCCC2)c2ccccc2)s1. The molecule has 0 bridgehead atoms. The average Bonchev–Trinajstić information content (AvgIpc) is 3.21. The number of carbonyl (C=O) groups excluding carboxylic acids is 2. The van der Waals surface area contributed by atoms with Gasteiger partial charge in [-0.2, -0.15) is 0 Å². The minimum atomic E-state index is -0.780. The first-order valence-corrected chi connectivity index (χ1v) is 13.4. The Kier molecular flexibility index (Phi) is 8.01. The summed E-state index contributed by atoms with van der Waals surface area (Å²) in [6, 6.07) is 17.0. The predicted octanol–water partition coefficient (Wildman–Crippen LogP) is 6.72. The topological polar surface area (TPSA) is 62.3 Å². The summed E-state index contributed by atoms with van der Waals surface area (Å²) < 4.78 is 0. The lowest BCUT2D eigenvalue weighted by molar-refractivity contribution is -0.123. The maximum absolute atomic E-state index is 14.1. The normalized spacial score (nSPS) is 15.1. The quantitative estimate of drug-likeness (QED) is 0.401. The molecule has 0 radical (unpaired) electrons. The van der Waals surface area contributed by atoms with Crippen molar-refractivity contribution in [2.75, 3.05) is 4.90 Å². The molecule has 0 unspecified atom stereocenters. The van der Waals surface area contributed by atoms with Crippen LogP contribution in [0.25, 0.3) is 0 Å². The van der Waals surface area contributed by atoms with E-state index >= 15 is 0 Å².